The summed E-state index contributed by atoms with van der Waals surface area (Å²) in [5, 5.41) is 0. The van der Waals surface area contributed by atoms with Crippen molar-refractivity contribution < 1.29 is 22.9 Å². The van der Waals surface area contributed by atoms with Crippen molar-refractivity contribution in [2.24, 2.45) is 0 Å². The van der Waals surface area contributed by atoms with Crippen LogP contribution >= 0.6 is 0 Å². The third-order valence-corrected chi connectivity index (χ3v) is 11.4. The minimum absolute atomic E-state index is 0.132. The van der Waals surface area contributed by atoms with E-state index in [9.17, 15) is 9.59 Å². The van der Waals surface area contributed by atoms with Crippen LogP contribution in [-0.2, 0) is 22.9 Å². The lowest BCUT2D eigenvalue weighted by Gasteiger charge is -2.41. The summed E-state index contributed by atoms with van der Waals surface area (Å²) in [7, 11) is -11.7. The Morgan fingerprint density at radius 1 is 0.500 bits per heavy atom. The topological polar surface area (TPSA) is 97.9 Å². The van der Waals surface area contributed by atoms with Gasteiger partial charge in [-0.1, -0.05) is 58.9 Å². The maximum Gasteiger partial charge on any atom is 0.309 e. The van der Waals surface area contributed by atoms with Crippen LogP contribution in [-0.4, -0.2) is 85.8 Å². The van der Waals surface area contributed by atoms with Gasteiger partial charge in [0.15, 0.2) is 8.32 Å². The Hall–Kier alpha value is 0.0813. The molecule has 0 heterocycles. The van der Waals surface area contributed by atoms with Crippen molar-refractivity contribution in [1.82, 2.24) is 14.9 Å². The quantitative estimate of drug-likeness (QED) is 0.160. The van der Waals surface area contributed by atoms with Crippen molar-refractivity contribution in [1.29, 1.82) is 0 Å². The smallest absolute Gasteiger partial charge is 0.309 e. The summed E-state index contributed by atoms with van der Waals surface area (Å²) in [5.41, 5.74) is 0. The molecule has 0 rings (SSSR count). The van der Waals surface area contributed by atoms with Crippen molar-refractivity contribution in [3.05, 3.63) is 0 Å². The van der Waals surface area contributed by atoms with Crippen LogP contribution in [0.25, 0.3) is 0 Å². The Kier molecular flexibility index (Phi) is 14.7. The molecule has 238 valence electrons. The molecule has 4 atom stereocenters. The van der Waals surface area contributed by atoms with Crippen LogP contribution in [0.2, 0.25) is 118 Å². The van der Waals surface area contributed by atoms with Gasteiger partial charge in [0.2, 0.25) is 16.6 Å². The molecule has 0 aliphatic heterocycles. The molecular formula is C26H65N3O5Si6. The Labute approximate surface area is 253 Å². The standard InChI is InChI=1S/C26H65N3O5Si6/c1-35(2,3)27-21(19-22(28-36(4,5)6)25(30)33-39(13,14)15)24(32-38(10,11)12)20-23(29-37(7,8)9)26(31)34-40(16,17)18/h21-24,27-29H,19-20H2,1-18H3. The third-order valence-electron chi connectivity index (χ3n) is 5.13. The lowest BCUT2D eigenvalue weighted by atomic mass is 9.98. The molecular weight excluding hydrogens is 603 g/mol. The van der Waals surface area contributed by atoms with Crippen molar-refractivity contribution in [3.63, 3.8) is 0 Å². The Bertz CT molecular complexity index is 754. The number of carbonyl (C=O) groups is 2. The van der Waals surface area contributed by atoms with E-state index in [1.165, 1.54) is 0 Å². The number of carbonyl (C=O) groups excluding carboxylic acids is 2. The zero-order chi connectivity index (χ0) is 32.1. The van der Waals surface area contributed by atoms with Crippen LogP contribution in [0.4, 0.5) is 0 Å². The van der Waals surface area contributed by atoms with E-state index < -0.39 is 61.7 Å². The van der Waals surface area contributed by atoms with Crippen LogP contribution in [0.15, 0.2) is 0 Å². The third kappa shape index (κ3) is 20.9. The van der Waals surface area contributed by atoms with E-state index in [2.05, 4.69) is 93.5 Å². The van der Waals surface area contributed by atoms with Crippen LogP contribution in [0.5, 0.6) is 0 Å². The molecule has 0 bridgehead atoms. The Balaban J connectivity index is 6.72. The van der Waals surface area contributed by atoms with Gasteiger partial charge in [-0.3, -0.25) is 9.59 Å². The maximum absolute atomic E-state index is 13.6. The molecule has 0 spiro atoms. The second-order valence-corrected chi connectivity index (χ2v) is 44.9. The average Bonchev–Trinajstić information content (AvgIpc) is 2.58. The minimum atomic E-state index is -2.09. The van der Waals surface area contributed by atoms with E-state index in [4.69, 9.17) is 13.3 Å². The zero-order valence-electron chi connectivity index (χ0n) is 29.3. The summed E-state index contributed by atoms with van der Waals surface area (Å²) < 4.78 is 19.0. The van der Waals surface area contributed by atoms with E-state index in [-0.39, 0.29) is 24.1 Å². The summed E-state index contributed by atoms with van der Waals surface area (Å²) in [5.74, 6) is -0.363. The van der Waals surface area contributed by atoms with Crippen molar-refractivity contribution in [2.45, 2.75) is 155 Å². The predicted molar refractivity (Wildman–Crippen MR) is 187 cm³/mol. The highest BCUT2D eigenvalue weighted by atomic mass is 28.4. The normalized spacial score (nSPS) is 17.1. The fourth-order valence-corrected chi connectivity index (χ4v) is 11.0. The lowest BCUT2D eigenvalue weighted by Crippen LogP contribution is -2.62. The molecule has 0 fully saturated rings. The SMILES string of the molecule is C[Si](C)(C)NC(CC(N[Si](C)(C)C)C(CC(N[Si](C)(C)C)C(=O)O[Si](C)(C)C)O[Si](C)(C)C)C(=O)O[Si](C)(C)C. The van der Waals surface area contributed by atoms with Crippen LogP contribution < -0.4 is 14.9 Å². The first-order valence-corrected chi connectivity index (χ1v) is 35.5. The van der Waals surface area contributed by atoms with Gasteiger partial charge in [-0.05, 0) is 71.8 Å². The summed E-state index contributed by atoms with van der Waals surface area (Å²) in [4.78, 5) is 38.4. The van der Waals surface area contributed by atoms with E-state index in [1.807, 2.05) is 39.3 Å². The highest BCUT2D eigenvalue weighted by Crippen LogP contribution is 2.23. The molecule has 8 nitrogen and oxygen atoms in total. The van der Waals surface area contributed by atoms with Gasteiger partial charge < -0.3 is 28.2 Å². The van der Waals surface area contributed by atoms with Gasteiger partial charge in [0.1, 0.15) is 36.8 Å². The summed E-state index contributed by atoms with van der Waals surface area (Å²) in [6, 6.07) is -1.05. The molecule has 0 saturated carbocycles. The molecule has 0 aromatic carbocycles. The van der Waals surface area contributed by atoms with Crippen LogP contribution in [0.3, 0.4) is 0 Å². The zero-order valence-corrected chi connectivity index (χ0v) is 35.3. The van der Waals surface area contributed by atoms with Gasteiger partial charge in [0, 0.05) is 6.04 Å². The highest BCUT2D eigenvalue weighted by molar-refractivity contribution is 6.75. The molecule has 0 amide bonds. The molecule has 0 aromatic heterocycles. The van der Waals surface area contributed by atoms with E-state index >= 15 is 0 Å². The molecule has 4 unspecified atom stereocenters. The Morgan fingerprint density at radius 2 is 0.825 bits per heavy atom. The molecule has 3 N–H and O–H groups in total. The molecule has 0 aliphatic rings. The van der Waals surface area contributed by atoms with Gasteiger partial charge in [0.25, 0.3) is 0 Å². The maximum atomic E-state index is 13.6. The number of rotatable bonds is 17. The fourth-order valence-electron chi connectivity index (χ4n) is 4.31. The number of nitrogens with one attached hydrogen (secondary N) is 3. The Morgan fingerprint density at radius 3 is 1.10 bits per heavy atom. The van der Waals surface area contributed by atoms with Crippen molar-refractivity contribution in [2.75, 3.05) is 0 Å². The largest absolute Gasteiger partial charge is 0.519 e. The molecule has 0 aliphatic carbocycles. The molecule has 0 saturated heterocycles. The minimum Gasteiger partial charge on any atom is -0.519 e. The summed E-state index contributed by atoms with van der Waals surface area (Å²) in [6.07, 6.45) is 0.755. The van der Waals surface area contributed by atoms with Gasteiger partial charge in [-0.15, -0.1) is 0 Å². The lowest BCUT2D eigenvalue weighted by molar-refractivity contribution is -0.139. The van der Waals surface area contributed by atoms with Gasteiger partial charge in [0.05, 0.1) is 6.10 Å². The van der Waals surface area contributed by atoms with Gasteiger partial charge in [-0.25, -0.2) is 0 Å². The molecule has 0 aromatic rings. The number of hydrogen-bond acceptors (Lipinski definition) is 8. The van der Waals surface area contributed by atoms with E-state index in [0.29, 0.717) is 12.8 Å². The second kappa shape index (κ2) is 14.7. The second-order valence-electron chi connectivity index (χ2n) is 17.2. The summed E-state index contributed by atoms with van der Waals surface area (Å²) >= 11 is 0. The van der Waals surface area contributed by atoms with Crippen LogP contribution in [0, 0.1) is 0 Å². The van der Waals surface area contributed by atoms with Crippen molar-refractivity contribution >= 4 is 61.6 Å². The average molecular weight is 668 g/mol. The predicted octanol–water partition coefficient (Wildman–Crippen LogP) is 6.12. The van der Waals surface area contributed by atoms with Crippen molar-refractivity contribution in [3.8, 4) is 0 Å². The number of hydrogen-bond donors (Lipinski definition) is 3. The first-order valence-electron chi connectivity index (χ1n) is 14.8. The molecule has 0 radical (unpaired) electrons. The van der Waals surface area contributed by atoms with Crippen LogP contribution in [0.1, 0.15) is 12.8 Å². The summed E-state index contributed by atoms with van der Waals surface area (Å²) in [6.45, 7) is 38.8. The van der Waals surface area contributed by atoms with E-state index in [1.54, 1.807) is 0 Å². The first kappa shape index (κ1) is 40.1. The van der Waals surface area contributed by atoms with E-state index in [0.717, 1.165) is 0 Å². The fraction of sp³-hybridized carbons (Fsp3) is 0.923. The monoisotopic (exact) mass is 667 g/mol. The first-order chi connectivity index (χ1) is 17.4. The highest BCUT2D eigenvalue weighted by Gasteiger charge is 2.40. The van der Waals surface area contributed by atoms with Gasteiger partial charge in [-0.2, -0.15) is 0 Å². The molecule has 14 heteroatoms. The molecule has 40 heavy (non-hydrogen) atoms. The van der Waals surface area contributed by atoms with Gasteiger partial charge >= 0.3 is 11.9 Å².